The quantitative estimate of drug-likeness (QED) is 0.294. The van der Waals surface area contributed by atoms with Crippen LogP contribution in [0.25, 0.3) is 16.9 Å². The number of nitrogens with one attached hydrogen (secondary N) is 2. The van der Waals surface area contributed by atoms with Gasteiger partial charge in [0.05, 0.1) is 33.1 Å². The number of rotatable bonds is 10. The predicted molar refractivity (Wildman–Crippen MR) is 148 cm³/mol. The molecule has 196 valence electrons. The van der Waals surface area contributed by atoms with Crippen molar-refractivity contribution in [2.24, 2.45) is 0 Å². The highest BCUT2D eigenvalue weighted by atomic mass is 16.5. The van der Waals surface area contributed by atoms with E-state index in [1.54, 1.807) is 20.4 Å². The van der Waals surface area contributed by atoms with E-state index in [2.05, 4.69) is 44.8 Å². The van der Waals surface area contributed by atoms with Crippen LogP contribution in [0.3, 0.4) is 0 Å². The zero-order chi connectivity index (χ0) is 24.7. The van der Waals surface area contributed by atoms with Gasteiger partial charge in [0, 0.05) is 55.0 Å². The number of hydrogen-bond donors (Lipinski definition) is 2. The highest BCUT2D eigenvalue weighted by molar-refractivity contribution is 5.70. The number of anilines is 3. The number of fused-ring (bicyclic) bond motifs is 1. The fraction of sp³-hybridized carbons (Fsp3) is 0.357. The molecule has 0 bridgehead atoms. The molecule has 2 N–H and O–H groups in total. The Hall–Kier alpha value is -3.82. The van der Waals surface area contributed by atoms with Gasteiger partial charge in [-0.1, -0.05) is 7.43 Å². The van der Waals surface area contributed by atoms with E-state index in [9.17, 15) is 0 Å². The van der Waals surface area contributed by atoms with Crippen molar-refractivity contribution >= 4 is 23.0 Å². The van der Waals surface area contributed by atoms with Crippen LogP contribution in [0.5, 0.6) is 11.5 Å². The minimum Gasteiger partial charge on any atom is -0.493 e. The Labute approximate surface area is 218 Å². The van der Waals surface area contributed by atoms with Gasteiger partial charge >= 0.3 is 0 Å². The average Bonchev–Trinajstić information content (AvgIpc) is 3.41. The van der Waals surface area contributed by atoms with Gasteiger partial charge in [0.25, 0.3) is 0 Å². The average molecular weight is 505 g/mol. The Balaban J connectivity index is 0.00000320. The van der Waals surface area contributed by atoms with Gasteiger partial charge in [-0.05, 0) is 55.4 Å². The number of benzene rings is 2. The summed E-state index contributed by atoms with van der Waals surface area (Å²) in [5.41, 5.74) is 4.55. The van der Waals surface area contributed by atoms with Crippen molar-refractivity contribution in [2.45, 2.75) is 13.8 Å². The Bertz CT molecular complexity index is 1290. The molecule has 5 rings (SSSR count). The van der Waals surface area contributed by atoms with Crippen molar-refractivity contribution in [2.75, 3.05) is 64.2 Å². The number of imidazole rings is 1. The second-order valence-corrected chi connectivity index (χ2v) is 8.63. The van der Waals surface area contributed by atoms with Gasteiger partial charge in [-0.3, -0.25) is 9.30 Å². The van der Waals surface area contributed by atoms with Crippen molar-refractivity contribution < 1.29 is 14.2 Å². The summed E-state index contributed by atoms with van der Waals surface area (Å²) >= 11 is 0. The molecule has 3 heterocycles. The van der Waals surface area contributed by atoms with Crippen LogP contribution in [-0.2, 0) is 4.74 Å². The Morgan fingerprint density at radius 1 is 0.946 bits per heavy atom. The maximum atomic E-state index is 5.47. The van der Waals surface area contributed by atoms with Crippen LogP contribution in [0.2, 0.25) is 0 Å². The van der Waals surface area contributed by atoms with Gasteiger partial charge in [-0.15, -0.1) is 0 Å². The van der Waals surface area contributed by atoms with Crippen molar-refractivity contribution in [1.29, 1.82) is 0 Å². The molecule has 0 amide bonds. The van der Waals surface area contributed by atoms with E-state index in [1.807, 2.05) is 34.9 Å². The lowest BCUT2D eigenvalue weighted by molar-refractivity contribution is 0.0378. The molecule has 0 unspecified atom stereocenters. The Kier molecular flexibility index (Phi) is 8.81. The molecule has 1 fully saturated rings. The summed E-state index contributed by atoms with van der Waals surface area (Å²) in [5.74, 6) is 2.01. The van der Waals surface area contributed by atoms with Crippen LogP contribution < -0.4 is 20.1 Å². The lowest BCUT2D eigenvalue weighted by Gasteiger charge is -2.26. The number of aromatic nitrogens is 3. The third-order valence-corrected chi connectivity index (χ3v) is 6.29. The number of hydrogen-bond acceptors (Lipinski definition) is 8. The minimum atomic E-state index is 0. The minimum absolute atomic E-state index is 0. The smallest absolute Gasteiger partial charge is 0.213 e. The molecule has 1 saturated heterocycles. The Morgan fingerprint density at radius 2 is 1.70 bits per heavy atom. The molecule has 9 nitrogen and oxygen atoms in total. The largest absolute Gasteiger partial charge is 0.493 e. The van der Waals surface area contributed by atoms with Crippen molar-refractivity contribution in [3.8, 4) is 22.8 Å². The number of nitrogens with zero attached hydrogens (tertiary/aromatic N) is 4. The van der Waals surface area contributed by atoms with Crippen molar-refractivity contribution in [1.82, 2.24) is 19.3 Å². The number of methoxy groups -OCH3 is 2. The van der Waals surface area contributed by atoms with E-state index in [0.717, 1.165) is 74.1 Å². The van der Waals surface area contributed by atoms with Crippen molar-refractivity contribution in [3.05, 3.63) is 60.9 Å². The third kappa shape index (κ3) is 6.31. The lowest BCUT2D eigenvalue weighted by Crippen LogP contribution is -2.37. The van der Waals surface area contributed by atoms with Crippen LogP contribution in [-0.4, -0.2) is 72.9 Å². The molecule has 0 spiro atoms. The van der Waals surface area contributed by atoms with E-state index in [1.165, 1.54) is 0 Å². The second-order valence-electron chi connectivity index (χ2n) is 8.63. The maximum absolute atomic E-state index is 5.47. The van der Waals surface area contributed by atoms with Gasteiger partial charge in [0.2, 0.25) is 5.95 Å². The summed E-state index contributed by atoms with van der Waals surface area (Å²) in [6, 6.07) is 16.0. The monoisotopic (exact) mass is 504 g/mol. The first kappa shape index (κ1) is 26.2. The lowest BCUT2D eigenvalue weighted by atomic mass is 10.1. The third-order valence-electron chi connectivity index (χ3n) is 6.29. The molecule has 0 radical (unpaired) electrons. The predicted octanol–water partition coefficient (Wildman–Crippen LogP) is 4.93. The SMILES string of the molecule is C.COc1ccc(-c2cc3nccn3c(Nc3ccc(NCCCN4CCOCC4)cc3)n2)cc1OC. The second kappa shape index (κ2) is 12.4. The number of morpholine rings is 1. The van der Waals surface area contributed by atoms with Gasteiger partial charge in [0.1, 0.15) is 5.65 Å². The summed E-state index contributed by atoms with van der Waals surface area (Å²) in [5, 5.41) is 6.95. The maximum Gasteiger partial charge on any atom is 0.213 e. The molecule has 4 aromatic rings. The van der Waals surface area contributed by atoms with Gasteiger partial charge in [-0.2, -0.15) is 0 Å². The molecule has 0 aliphatic carbocycles. The molecule has 0 saturated carbocycles. The van der Waals surface area contributed by atoms with E-state index < -0.39 is 0 Å². The topological polar surface area (TPSA) is 85.2 Å². The first-order valence-electron chi connectivity index (χ1n) is 12.2. The van der Waals surface area contributed by atoms with E-state index >= 15 is 0 Å². The molecule has 0 atom stereocenters. The molecular formula is C28H36N6O3. The van der Waals surface area contributed by atoms with Crippen LogP contribution in [0, 0.1) is 0 Å². The molecule has 9 heteroatoms. The fourth-order valence-electron chi connectivity index (χ4n) is 4.32. The summed E-state index contributed by atoms with van der Waals surface area (Å²) < 4.78 is 18.2. The Morgan fingerprint density at radius 3 is 2.46 bits per heavy atom. The van der Waals surface area contributed by atoms with Gasteiger partial charge < -0.3 is 24.8 Å². The molecular weight excluding hydrogens is 468 g/mol. The normalized spacial score (nSPS) is 13.7. The zero-order valence-corrected chi connectivity index (χ0v) is 20.7. The van der Waals surface area contributed by atoms with Gasteiger partial charge in [-0.25, -0.2) is 9.97 Å². The van der Waals surface area contributed by atoms with E-state index in [4.69, 9.17) is 19.2 Å². The van der Waals surface area contributed by atoms with Crippen molar-refractivity contribution in [3.63, 3.8) is 0 Å². The van der Waals surface area contributed by atoms with Crippen LogP contribution >= 0.6 is 0 Å². The van der Waals surface area contributed by atoms with Crippen LogP contribution in [0.15, 0.2) is 60.9 Å². The highest BCUT2D eigenvalue weighted by Gasteiger charge is 2.12. The summed E-state index contributed by atoms with van der Waals surface area (Å²) in [7, 11) is 3.25. The van der Waals surface area contributed by atoms with Gasteiger partial charge in [0.15, 0.2) is 11.5 Å². The summed E-state index contributed by atoms with van der Waals surface area (Å²) in [6.07, 6.45) is 4.77. The molecule has 1 aliphatic heterocycles. The molecule has 1 aliphatic rings. The van der Waals surface area contributed by atoms with E-state index in [-0.39, 0.29) is 7.43 Å². The van der Waals surface area contributed by atoms with Crippen LogP contribution in [0.1, 0.15) is 13.8 Å². The first-order valence-corrected chi connectivity index (χ1v) is 12.2. The highest BCUT2D eigenvalue weighted by Crippen LogP contribution is 2.32. The van der Waals surface area contributed by atoms with Crippen LogP contribution in [0.4, 0.5) is 17.3 Å². The van der Waals surface area contributed by atoms with E-state index in [0.29, 0.717) is 17.4 Å². The molecule has 2 aromatic carbocycles. The summed E-state index contributed by atoms with van der Waals surface area (Å²) in [6.45, 7) is 5.80. The molecule has 2 aromatic heterocycles. The number of ether oxygens (including phenoxy) is 3. The zero-order valence-electron chi connectivity index (χ0n) is 20.7. The standard InChI is InChI=1S/C27H32N6O3.CH4/c1-34-24-9-4-20(18-25(24)35-2)23-19-26-29-11-13-33(26)27(31-23)30-22-7-5-21(6-8-22)28-10-3-12-32-14-16-36-17-15-32;/h4-9,11,13,18-19,28H,3,10,12,14-17H2,1-2H3,(H,30,31);1H4. The fourth-order valence-corrected chi connectivity index (χ4v) is 4.32. The summed E-state index contributed by atoms with van der Waals surface area (Å²) in [4.78, 5) is 11.8. The molecule has 37 heavy (non-hydrogen) atoms. The first-order chi connectivity index (χ1) is 17.7.